The molecule has 0 bridgehead atoms. The number of H-pyrrole nitrogens is 1. The van der Waals surface area contributed by atoms with Crippen molar-refractivity contribution in [3.63, 3.8) is 0 Å². The quantitative estimate of drug-likeness (QED) is 0.655. The van der Waals surface area contributed by atoms with Gasteiger partial charge in [-0.05, 0) is 12.1 Å². The van der Waals surface area contributed by atoms with Gasteiger partial charge in [0.2, 0.25) is 0 Å². The molecule has 0 unspecified atom stereocenters. The molecule has 0 spiro atoms. The van der Waals surface area contributed by atoms with E-state index in [9.17, 15) is 13.2 Å². The summed E-state index contributed by atoms with van der Waals surface area (Å²) in [6.07, 6.45) is -4.50. The SMILES string of the molecule is Cn1nc(C(C)(C)C)nc1-c1nc2c(C(F)(F)F)cc(Br)cc2[nH]1. The van der Waals surface area contributed by atoms with Gasteiger partial charge >= 0.3 is 6.18 Å². The molecule has 0 saturated carbocycles. The maximum Gasteiger partial charge on any atom is 0.418 e. The molecular formula is C15H15BrF3N5. The summed E-state index contributed by atoms with van der Waals surface area (Å²) in [5.41, 5.74) is -0.928. The molecular weight excluding hydrogens is 387 g/mol. The Labute approximate surface area is 144 Å². The van der Waals surface area contributed by atoms with Crippen molar-refractivity contribution < 1.29 is 13.2 Å². The highest BCUT2D eigenvalue weighted by Gasteiger charge is 2.34. The second kappa shape index (κ2) is 5.30. The number of alkyl halides is 3. The molecule has 2 heterocycles. The van der Waals surface area contributed by atoms with Crippen LogP contribution in [-0.4, -0.2) is 24.7 Å². The molecule has 1 N–H and O–H groups in total. The summed E-state index contributed by atoms with van der Waals surface area (Å²) in [5, 5.41) is 4.33. The summed E-state index contributed by atoms with van der Waals surface area (Å²) in [4.78, 5) is 11.5. The molecule has 3 aromatic rings. The van der Waals surface area contributed by atoms with E-state index in [0.717, 1.165) is 6.07 Å². The van der Waals surface area contributed by atoms with Crippen molar-refractivity contribution in [3.8, 4) is 11.6 Å². The third-order valence-electron chi connectivity index (χ3n) is 3.50. The van der Waals surface area contributed by atoms with E-state index in [1.165, 1.54) is 4.68 Å². The minimum absolute atomic E-state index is 0.138. The Hall–Kier alpha value is -1.90. The number of benzene rings is 1. The Balaban J connectivity index is 2.21. The van der Waals surface area contributed by atoms with Crippen molar-refractivity contribution >= 4 is 27.0 Å². The van der Waals surface area contributed by atoms with E-state index in [0.29, 0.717) is 16.1 Å². The molecule has 0 radical (unpaired) electrons. The summed E-state index contributed by atoms with van der Waals surface area (Å²) in [6, 6.07) is 2.58. The van der Waals surface area contributed by atoms with Crippen molar-refractivity contribution in [2.75, 3.05) is 0 Å². The van der Waals surface area contributed by atoms with Gasteiger partial charge in [0.05, 0.1) is 11.1 Å². The molecule has 0 aliphatic heterocycles. The number of nitrogens with one attached hydrogen (secondary N) is 1. The fourth-order valence-electron chi connectivity index (χ4n) is 2.31. The monoisotopic (exact) mass is 401 g/mol. The van der Waals surface area contributed by atoms with Crippen molar-refractivity contribution in [1.82, 2.24) is 24.7 Å². The summed E-state index contributed by atoms with van der Waals surface area (Å²) >= 11 is 3.10. The maximum absolute atomic E-state index is 13.2. The molecule has 0 atom stereocenters. The lowest BCUT2D eigenvalue weighted by atomic mass is 9.96. The van der Waals surface area contributed by atoms with Crippen LogP contribution in [0.4, 0.5) is 13.2 Å². The fraction of sp³-hybridized carbons (Fsp3) is 0.400. The number of aromatic amines is 1. The molecule has 24 heavy (non-hydrogen) atoms. The maximum atomic E-state index is 13.2. The molecule has 2 aromatic heterocycles. The van der Waals surface area contributed by atoms with Gasteiger partial charge in [-0.15, -0.1) is 0 Å². The number of fused-ring (bicyclic) bond motifs is 1. The van der Waals surface area contributed by atoms with Crippen LogP contribution in [0.1, 0.15) is 32.2 Å². The number of halogens is 4. The Morgan fingerprint density at radius 2 is 1.79 bits per heavy atom. The first kappa shape index (κ1) is 16.9. The Kier molecular flexibility index (Phi) is 3.74. The molecule has 0 amide bonds. The largest absolute Gasteiger partial charge is 0.418 e. The van der Waals surface area contributed by atoms with Crippen LogP contribution in [0.2, 0.25) is 0 Å². The van der Waals surface area contributed by atoms with Crippen LogP contribution < -0.4 is 0 Å². The molecule has 5 nitrogen and oxygen atoms in total. The first-order chi connectivity index (χ1) is 11.0. The van der Waals surface area contributed by atoms with Crippen molar-refractivity contribution in [3.05, 3.63) is 28.0 Å². The van der Waals surface area contributed by atoms with Gasteiger partial charge in [0.15, 0.2) is 17.5 Å². The Morgan fingerprint density at radius 3 is 2.33 bits per heavy atom. The zero-order valence-electron chi connectivity index (χ0n) is 13.5. The standard InChI is InChI=1S/C15H15BrF3N5/c1-14(2,3)13-22-12(24(4)23-13)11-20-9-6-7(16)5-8(10(9)21-11)15(17,18)19/h5-6H,1-4H3,(H,20,21). The van der Waals surface area contributed by atoms with Crippen LogP contribution >= 0.6 is 15.9 Å². The van der Waals surface area contributed by atoms with Crippen LogP contribution in [0.3, 0.4) is 0 Å². The van der Waals surface area contributed by atoms with E-state index in [-0.39, 0.29) is 22.3 Å². The lowest BCUT2D eigenvalue weighted by Gasteiger charge is -2.11. The minimum atomic E-state index is -4.50. The van der Waals surface area contributed by atoms with E-state index < -0.39 is 11.7 Å². The fourth-order valence-corrected chi connectivity index (χ4v) is 2.77. The highest BCUT2D eigenvalue weighted by molar-refractivity contribution is 9.10. The lowest BCUT2D eigenvalue weighted by Crippen LogP contribution is -2.13. The topological polar surface area (TPSA) is 59.4 Å². The predicted molar refractivity (Wildman–Crippen MR) is 87.5 cm³/mol. The van der Waals surface area contributed by atoms with Gasteiger partial charge in [0, 0.05) is 16.9 Å². The number of nitrogens with zero attached hydrogens (tertiary/aromatic N) is 4. The second-order valence-electron chi connectivity index (χ2n) is 6.57. The minimum Gasteiger partial charge on any atom is -0.335 e. The number of hydrogen-bond donors (Lipinski definition) is 1. The van der Waals surface area contributed by atoms with Crippen LogP contribution in [0.25, 0.3) is 22.7 Å². The molecule has 1 aromatic carbocycles. The molecule has 0 saturated heterocycles. The van der Waals surface area contributed by atoms with Gasteiger partial charge in [-0.1, -0.05) is 36.7 Å². The van der Waals surface area contributed by atoms with Gasteiger partial charge in [0.1, 0.15) is 5.52 Å². The molecule has 9 heteroatoms. The van der Waals surface area contributed by atoms with Crippen molar-refractivity contribution in [2.24, 2.45) is 7.05 Å². The molecule has 128 valence electrons. The van der Waals surface area contributed by atoms with Crippen LogP contribution in [0.15, 0.2) is 16.6 Å². The third-order valence-corrected chi connectivity index (χ3v) is 3.96. The van der Waals surface area contributed by atoms with Crippen molar-refractivity contribution in [1.29, 1.82) is 0 Å². The average molecular weight is 402 g/mol. The van der Waals surface area contributed by atoms with Gasteiger partial charge in [0.25, 0.3) is 0 Å². The molecule has 0 aliphatic carbocycles. The zero-order chi connectivity index (χ0) is 17.9. The number of rotatable bonds is 1. The summed E-state index contributed by atoms with van der Waals surface area (Å²) in [6.45, 7) is 5.89. The predicted octanol–water partition coefficient (Wildman–Crippen LogP) is 4.44. The first-order valence-corrected chi connectivity index (χ1v) is 7.94. The Bertz CT molecular complexity index is 918. The number of imidazole rings is 1. The highest BCUT2D eigenvalue weighted by atomic mass is 79.9. The van der Waals surface area contributed by atoms with E-state index >= 15 is 0 Å². The molecule has 3 rings (SSSR count). The molecule has 0 aliphatic rings. The van der Waals surface area contributed by atoms with Gasteiger partial charge in [-0.25, -0.2) is 14.6 Å². The number of hydrogen-bond acceptors (Lipinski definition) is 3. The smallest absolute Gasteiger partial charge is 0.335 e. The normalized spacial score (nSPS) is 13.0. The van der Waals surface area contributed by atoms with E-state index in [1.807, 2.05) is 20.8 Å². The van der Waals surface area contributed by atoms with Crippen molar-refractivity contribution in [2.45, 2.75) is 32.4 Å². The number of aromatic nitrogens is 5. The first-order valence-electron chi connectivity index (χ1n) is 7.15. The van der Waals surface area contributed by atoms with Gasteiger partial charge < -0.3 is 4.98 Å². The molecule has 0 fully saturated rings. The summed E-state index contributed by atoms with van der Waals surface area (Å²) < 4.78 is 41.6. The Morgan fingerprint density at radius 1 is 1.12 bits per heavy atom. The lowest BCUT2D eigenvalue weighted by molar-refractivity contribution is -0.136. The highest BCUT2D eigenvalue weighted by Crippen LogP contribution is 2.37. The zero-order valence-corrected chi connectivity index (χ0v) is 15.0. The van der Waals surface area contributed by atoms with Crippen LogP contribution in [-0.2, 0) is 18.6 Å². The third kappa shape index (κ3) is 2.92. The second-order valence-corrected chi connectivity index (χ2v) is 7.48. The summed E-state index contributed by atoms with van der Waals surface area (Å²) in [7, 11) is 1.69. The summed E-state index contributed by atoms with van der Waals surface area (Å²) in [5.74, 6) is 1.23. The van der Waals surface area contributed by atoms with Gasteiger partial charge in [-0.3, -0.25) is 0 Å². The number of aryl methyl sites for hydroxylation is 1. The average Bonchev–Trinajstić information content (AvgIpc) is 2.98. The van der Waals surface area contributed by atoms with E-state index in [1.54, 1.807) is 13.1 Å². The van der Waals surface area contributed by atoms with E-state index in [2.05, 4.69) is 36.0 Å². The van der Waals surface area contributed by atoms with E-state index in [4.69, 9.17) is 0 Å². The van der Waals surface area contributed by atoms with Crippen LogP contribution in [0.5, 0.6) is 0 Å². The van der Waals surface area contributed by atoms with Gasteiger partial charge in [-0.2, -0.15) is 18.3 Å². The van der Waals surface area contributed by atoms with Crippen LogP contribution in [0, 0.1) is 0 Å².